The van der Waals surface area contributed by atoms with Gasteiger partial charge in [0.1, 0.15) is 12.4 Å². The van der Waals surface area contributed by atoms with Crippen LogP contribution in [0.5, 0.6) is 5.95 Å². The molecule has 0 saturated carbocycles. The molecule has 196 valence electrons. The van der Waals surface area contributed by atoms with Crippen molar-refractivity contribution < 1.29 is 18.3 Å². The molecule has 0 aliphatic heterocycles. The SMILES string of the molecule is C=CCn1c(CNc2ccccc2)nnc1S[C@@H](C)C(=O)N/N=C\c1ccc(OCc2ccc(F)cc2)o1. The summed E-state index contributed by atoms with van der Waals surface area (Å²) in [5.41, 5.74) is 4.29. The fourth-order valence-corrected chi connectivity index (χ4v) is 4.14. The molecular formula is C27H27FN6O3S. The first-order valence-electron chi connectivity index (χ1n) is 11.8. The molecule has 4 aromatic rings. The van der Waals surface area contributed by atoms with Gasteiger partial charge in [-0.05, 0) is 42.8 Å². The maximum atomic E-state index is 13.0. The number of rotatable bonds is 13. The van der Waals surface area contributed by atoms with Gasteiger partial charge < -0.3 is 19.0 Å². The lowest BCUT2D eigenvalue weighted by atomic mass is 10.2. The van der Waals surface area contributed by atoms with Crippen LogP contribution in [0.3, 0.4) is 0 Å². The van der Waals surface area contributed by atoms with E-state index in [1.54, 1.807) is 37.3 Å². The molecule has 11 heteroatoms. The molecule has 9 nitrogen and oxygen atoms in total. The van der Waals surface area contributed by atoms with Crippen molar-refractivity contribution in [2.75, 3.05) is 5.32 Å². The van der Waals surface area contributed by atoms with E-state index >= 15 is 0 Å². The molecule has 0 bridgehead atoms. The number of hydrogen-bond acceptors (Lipinski definition) is 8. The molecule has 1 amide bonds. The highest BCUT2D eigenvalue weighted by Crippen LogP contribution is 2.23. The molecule has 2 heterocycles. The van der Waals surface area contributed by atoms with Gasteiger partial charge in [-0.1, -0.05) is 48.2 Å². The number of aromatic nitrogens is 3. The summed E-state index contributed by atoms with van der Waals surface area (Å²) in [5.74, 6) is 0.811. The lowest BCUT2D eigenvalue weighted by Gasteiger charge is -2.12. The van der Waals surface area contributed by atoms with E-state index < -0.39 is 5.25 Å². The molecule has 2 aromatic carbocycles. The zero-order valence-electron chi connectivity index (χ0n) is 20.7. The number of ether oxygens (including phenoxy) is 1. The van der Waals surface area contributed by atoms with Crippen LogP contribution in [0.25, 0.3) is 0 Å². The summed E-state index contributed by atoms with van der Waals surface area (Å²) in [5, 5.41) is 16.0. The molecule has 1 atom stereocenters. The molecule has 4 rings (SSSR count). The van der Waals surface area contributed by atoms with Gasteiger partial charge in [-0.25, -0.2) is 9.82 Å². The summed E-state index contributed by atoms with van der Waals surface area (Å²) in [7, 11) is 0. The van der Waals surface area contributed by atoms with Crippen molar-refractivity contribution in [3.63, 3.8) is 0 Å². The zero-order valence-corrected chi connectivity index (χ0v) is 21.5. The Balaban J connectivity index is 1.27. The summed E-state index contributed by atoms with van der Waals surface area (Å²) in [6, 6.07) is 19.1. The molecule has 0 aliphatic carbocycles. The van der Waals surface area contributed by atoms with Crippen molar-refractivity contribution in [3.8, 4) is 5.95 Å². The number of allylic oxidation sites excluding steroid dienone is 1. The lowest BCUT2D eigenvalue weighted by molar-refractivity contribution is -0.120. The summed E-state index contributed by atoms with van der Waals surface area (Å²) in [6.45, 7) is 6.80. The Morgan fingerprint density at radius 2 is 1.97 bits per heavy atom. The monoisotopic (exact) mass is 534 g/mol. The minimum Gasteiger partial charge on any atom is -0.460 e. The van der Waals surface area contributed by atoms with Crippen LogP contribution in [0, 0.1) is 5.82 Å². The number of halogens is 1. The minimum absolute atomic E-state index is 0.232. The molecule has 0 saturated heterocycles. The van der Waals surface area contributed by atoms with Crippen LogP contribution in [0.1, 0.15) is 24.1 Å². The summed E-state index contributed by atoms with van der Waals surface area (Å²) in [4.78, 5) is 12.6. The Bertz CT molecular complexity index is 1370. The Morgan fingerprint density at radius 1 is 1.18 bits per heavy atom. The standard InChI is InChI=1S/C27H27FN6O3S/c1-3-15-34-24(17-29-22-7-5-4-6-8-22)31-33-27(34)38-19(2)26(35)32-30-16-23-13-14-25(37-23)36-18-20-9-11-21(28)12-10-20/h3-14,16,19,29H,1,15,17-18H2,2H3,(H,32,35)/b30-16-/t19-/m0/s1. The van der Waals surface area contributed by atoms with Gasteiger partial charge in [0.25, 0.3) is 11.9 Å². The first-order valence-corrected chi connectivity index (χ1v) is 12.7. The molecular weight excluding hydrogens is 507 g/mol. The second-order valence-corrected chi connectivity index (χ2v) is 9.39. The van der Waals surface area contributed by atoms with E-state index in [0.29, 0.717) is 24.0 Å². The largest absolute Gasteiger partial charge is 0.460 e. The fourth-order valence-electron chi connectivity index (χ4n) is 3.26. The number of nitrogens with one attached hydrogen (secondary N) is 2. The van der Waals surface area contributed by atoms with E-state index in [1.165, 1.54) is 30.1 Å². The zero-order chi connectivity index (χ0) is 26.7. The maximum absolute atomic E-state index is 13.0. The van der Waals surface area contributed by atoms with Gasteiger partial charge in [0.2, 0.25) is 0 Å². The number of benzene rings is 2. The highest BCUT2D eigenvalue weighted by atomic mass is 32.2. The predicted molar refractivity (Wildman–Crippen MR) is 144 cm³/mol. The Hall–Kier alpha value is -4.38. The minimum atomic E-state index is -0.485. The number of thioether (sulfide) groups is 1. The molecule has 0 aliphatic rings. The van der Waals surface area contributed by atoms with E-state index in [0.717, 1.165) is 17.1 Å². The first-order chi connectivity index (χ1) is 18.5. The molecule has 2 N–H and O–H groups in total. The van der Waals surface area contributed by atoms with Crippen molar-refractivity contribution in [3.05, 3.63) is 102 Å². The highest BCUT2D eigenvalue weighted by molar-refractivity contribution is 8.00. The number of anilines is 1. The Labute approximate surface area is 223 Å². The van der Waals surface area contributed by atoms with Crippen LogP contribution in [-0.4, -0.2) is 32.1 Å². The topological polar surface area (TPSA) is 107 Å². The Morgan fingerprint density at radius 3 is 2.74 bits per heavy atom. The van der Waals surface area contributed by atoms with Crippen molar-refractivity contribution >= 4 is 29.6 Å². The first kappa shape index (κ1) is 26.7. The van der Waals surface area contributed by atoms with Gasteiger partial charge >= 0.3 is 0 Å². The van der Waals surface area contributed by atoms with Crippen molar-refractivity contribution in [2.45, 2.75) is 37.0 Å². The van der Waals surface area contributed by atoms with E-state index in [-0.39, 0.29) is 24.3 Å². The molecule has 0 fully saturated rings. The van der Waals surface area contributed by atoms with Crippen LogP contribution in [0.4, 0.5) is 10.1 Å². The summed E-state index contributed by atoms with van der Waals surface area (Å²) >= 11 is 1.28. The van der Waals surface area contributed by atoms with E-state index in [2.05, 4.69) is 32.6 Å². The smallest absolute Gasteiger partial charge is 0.285 e. The third-order valence-corrected chi connectivity index (χ3v) is 6.32. The van der Waals surface area contributed by atoms with E-state index in [9.17, 15) is 9.18 Å². The van der Waals surface area contributed by atoms with Gasteiger partial charge in [0.15, 0.2) is 16.7 Å². The van der Waals surface area contributed by atoms with Gasteiger partial charge in [-0.15, -0.1) is 16.8 Å². The third-order valence-electron chi connectivity index (χ3n) is 5.24. The van der Waals surface area contributed by atoms with Crippen molar-refractivity contribution in [1.29, 1.82) is 0 Å². The van der Waals surface area contributed by atoms with Gasteiger partial charge in [-0.2, -0.15) is 5.10 Å². The van der Waals surface area contributed by atoms with Crippen LogP contribution < -0.4 is 15.5 Å². The number of hydrazone groups is 1. The predicted octanol–water partition coefficient (Wildman–Crippen LogP) is 5.02. The maximum Gasteiger partial charge on any atom is 0.285 e. The van der Waals surface area contributed by atoms with Crippen LogP contribution in [-0.2, 0) is 24.5 Å². The molecule has 38 heavy (non-hydrogen) atoms. The summed E-state index contributed by atoms with van der Waals surface area (Å²) < 4.78 is 26.0. The number of amides is 1. The average molecular weight is 535 g/mol. The lowest BCUT2D eigenvalue weighted by Crippen LogP contribution is -2.27. The van der Waals surface area contributed by atoms with Crippen LogP contribution in [0.2, 0.25) is 0 Å². The quantitative estimate of drug-likeness (QED) is 0.107. The number of carbonyl (C=O) groups excluding carboxylic acids is 1. The van der Waals surface area contributed by atoms with Crippen molar-refractivity contribution in [1.82, 2.24) is 20.2 Å². The number of carbonyl (C=O) groups is 1. The number of furan rings is 1. The second-order valence-electron chi connectivity index (χ2n) is 8.08. The van der Waals surface area contributed by atoms with Crippen molar-refractivity contribution in [2.24, 2.45) is 5.10 Å². The number of para-hydroxylation sites is 1. The van der Waals surface area contributed by atoms with Gasteiger partial charge in [-0.3, -0.25) is 4.79 Å². The Kier molecular flexibility index (Phi) is 9.30. The average Bonchev–Trinajstić information content (AvgIpc) is 3.54. The molecule has 0 radical (unpaired) electrons. The fraction of sp³-hybridized carbons (Fsp3) is 0.185. The number of hydrogen-bond donors (Lipinski definition) is 2. The van der Waals surface area contributed by atoms with E-state index in [4.69, 9.17) is 9.15 Å². The molecule has 0 spiro atoms. The van der Waals surface area contributed by atoms with Gasteiger partial charge in [0.05, 0.1) is 18.0 Å². The van der Waals surface area contributed by atoms with E-state index in [1.807, 2.05) is 34.9 Å². The molecule has 2 aromatic heterocycles. The summed E-state index contributed by atoms with van der Waals surface area (Å²) in [6.07, 6.45) is 3.14. The normalized spacial score (nSPS) is 11.8. The van der Waals surface area contributed by atoms with Crippen LogP contribution in [0.15, 0.2) is 94.1 Å². The second kappa shape index (κ2) is 13.2. The third kappa shape index (κ3) is 7.56. The number of nitrogens with zero attached hydrogens (tertiary/aromatic N) is 4. The van der Waals surface area contributed by atoms with Crippen LogP contribution >= 0.6 is 11.8 Å². The highest BCUT2D eigenvalue weighted by Gasteiger charge is 2.19. The van der Waals surface area contributed by atoms with Gasteiger partial charge in [0, 0.05) is 18.3 Å². The molecule has 0 unspecified atom stereocenters.